The highest BCUT2D eigenvalue weighted by atomic mass is 15.1. The van der Waals surface area contributed by atoms with Crippen LogP contribution >= 0.6 is 0 Å². The van der Waals surface area contributed by atoms with Gasteiger partial charge in [-0.25, -0.2) is 0 Å². The Balaban J connectivity index is 1.71. The van der Waals surface area contributed by atoms with E-state index in [-0.39, 0.29) is 0 Å². The van der Waals surface area contributed by atoms with Gasteiger partial charge in [-0.3, -0.25) is 0 Å². The van der Waals surface area contributed by atoms with Crippen LogP contribution in [-0.4, -0.2) is 37.1 Å². The van der Waals surface area contributed by atoms with Gasteiger partial charge in [0.25, 0.3) is 0 Å². The molecule has 1 fully saturated rings. The average Bonchev–Trinajstić information content (AvgIpc) is 2.42. The van der Waals surface area contributed by atoms with Gasteiger partial charge in [0.05, 0.1) is 0 Å². The van der Waals surface area contributed by atoms with E-state index in [1.165, 1.54) is 31.6 Å². The molecule has 0 aromatic heterocycles. The standard InChI is InChI=1S/C16H26N2/c1-3-18-12-10-16(14(2)13-18)17-11-9-15-7-5-4-6-8-15/h4-8,14,16-17H,3,9-13H2,1-2H3/t14-,16+/m0/s1. The molecule has 1 aliphatic rings. The van der Waals surface area contributed by atoms with E-state index >= 15 is 0 Å². The number of hydrogen-bond donors (Lipinski definition) is 1. The Morgan fingerprint density at radius 1 is 1.28 bits per heavy atom. The van der Waals surface area contributed by atoms with E-state index in [0.29, 0.717) is 6.04 Å². The molecule has 1 aromatic carbocycles. The fourth-order valence-corrected chi connectivity index (χ4v) is 2.87. The van der Waals surface area contributed by atoms with E-state index < -0.39 is 0 Å². The molecule has 2 atom stereocenters. The second-order valence-corrected chi connectivity index (χ2v) is 5.46. The lowest BCUT2D eigenvalue weighted by Gasteiger charge is -2.36. The molecule has 18 heavy (non-hydrogen) atoms. The van der Waals surface area contributed by atoms with Crippen LogP contribution in [0.15, 0.2) is 30.3 Å². The van der Waals surface area contributed by atoms with Crippen molar-refractivity contribution in [2.24, 2.45) is 5.92 Å². The van der Waals surface area contributed by atoms with Gasteiger partial charge in [-0.15, -0.1) is 0 Å². The van der Waals surface area contributed by atoms with Crippen molar-refractivity contribution >= 4 is 0 Å². The number of nitrogens with one attached hydrogen (secondary N) is 1. The van der Waals surface area contributed by atoms with Gasteiger partial charge in [0.2, 0.25) is 0 Å². The van der Waals surface area contributed by atoms with Gasteiger partial charge in [0, 0.05) is 12.6 Å². The third-order valence-electron chi connectivity index (χ3n) is 4.10. The highest BCUT2D eigenvalue weighted by Gasteiger charge is 2.24. The van der Waals surface area contributed by atoms with E-state index in [1.807, 2.05) is 0 Å². The summed E-state index contributed by atoms with van der Waals surface area (Å²) in [6.07, 6.45) is 2.44. The predicted octanol–water partition coefficient (Wildman–Crippen LogP) is 2.55. The third kappa shape index (κ3) is 3.82. The lowest BCUT2D eigenvalue weighted by Crippen LogP contribution is -2.48. The summed E-state index contributed by atoms with van der Waals surface area (Å²) in [4.78, 5) is 2.56. The fraction of sp³-hybridized carbons (Fsp3) is 0.625. The van der Waals surface area contributed by atoms with E-state index in [2.05, 4.69) is 54.4 Å². The molecule has 2 rings (SSSR count). The van der Waals surface area contributed by atoms with Gasteiger partial charge >= 0.3 is 0 Å². The minimum Gasteiger partial charge on any atom is -0.313 e. The van der Waals surface area contributed by atoms with Crippen LogP contribution in [-0.2, 0) is 6.42 Å². The molecule has 0 spiro atoms. The second-order valence-electron chi connectivity index (χ2n) is 5.46. The summed E-state index contributed by atoms with van der Waals surface area (Å²) >= 11 is 0. The monoisotopic (exact) mass is 246 g/mol. The molecule has 2 nitrogen and oxygen atoms in total. The van der Waals surface area contributed by atoms with Gasteiger partial charge < -0.3 is 10.2 Å². The van der Waals surface area contributed by atoms with Crippen molar-refractivity contribution in [3.8, 4) is 0 Å². The molecule has 1 saturated heterocycles. The molecular weight excluding hydrogens is 220 g/mol. The Bertz CT molecular complexity index is 336. The van der Waals surface area contributed by atoms with Crippen molar-refractivity contribution < 1.29 is 0 Å². The van der Waals surface area contributed by atoms with Crippen LogP contribution in [0.4, 0.5) is 0 Å². The summed E-state index contributed by atoms with van der Waals surface area (Å²) in [5, 5.41) is 3.74. The van der Waals surface area contributed by atoms with Crippen molar-refractivity contribution in [3.63, 3.8) is 0 Å². The molecule has 0 unspecified atom stereocenters. The van der Waals surface area contributed by atoms with Crippen molar-refractivity contribution in [1.29, 1.82) is 0 Å². The van der Waals surface area contributed by atoms with Gasteiger partial charge in [0.15, 0.2) is 0 Å². The minimum absolute atomic E-state index is 0.705. The fourth-order valence-electron chi connectivity index (χ4n) is 2.87. The van der Waals surface area contributed by atoms with E-state index in [0.717, 1.165) is 18.9 Å². The zero-order chi connectivity index (χ0) is 12.8. The molecule has 1 heterocycles. The molecule has 0 bridgehead atoms. The average molecular weight is 246 g/mol. The molecule has 0 aliphatic carbocycles. The SMILES string of the molecule is CCN1CC[C@@H](NCCc2ccccc2)[C@@H](C)C1. The van der Waals surface area contributed by atoms with E-state index in [1.54, 1.807) is 0 Å². The molecular formula is C16H26N2. The van der Waals surface area contributed by atoms with Gasteiger partial charge in [-0.2, -0.15) is 0 Å². The number of nitrogens with zero attached hydrogens (tertiary/aromatic N) is 1. The Kier molecular flexibility index (Phi) is 5.21. The number of rotatable bonds is 5. The molecule has 1 aliphatic heterocycles. The van der Waals surface area contributed by atoms with Crippen LogP contribution < -0.4 is 5.32 Å². The molecule has 0 amide bonds. The summed E-state index contributed by atoms with van der Waals surface area (Å²) in [5.74, 6) is 0.773. The zero-order valence-corrected chi connectivity index (χ0v) is 11.7. The molecule has 0 radical (unpaired) electrons. The Hall–Kier alpha value is -0.860. The molecule has 2 heteroatoms. The first-order chi connectivity index (χ1) is 8.79. The highest BCUT2D eigenvalue weighted by Crippen LogP contribution is 2.16. The normalized spacial score (nSPS) is 25.2. The first kappa shape index (κ1) is 13.6. The van der Waals surface area contributed by atoms with Crippen LogP contribution in [0.25, 0.3) is 0 Å². The van der Waals surface area contributed by atoms with Crippen molar-refractivity contribution in [1.82, 2.24) is 10.2 Å². The maximum atomic E-state index is 3.74. The first-order valence-corrected chi connectivity index (χ1v) is 7.29. The van der Waals surface area contributed by atoms with Crippen molar-refractivity contribution in [2.45, 2.75) is 32.7 Å². The van der Waals surface area contributed by atoms with Crippen molar-refractivity contribution in [2.75, 3.05) is 26.2 Å². The van der Waals surface area contributed by atoms with E-state index in [4.69, 9.17) is 0 Å². The molecule has 1 N–H and O–H groups in total. The molecule has 100 valence electrons. The van der Waals surface area contributed by atoms with Gasteiger partial charge in [-0.05, 0) is 44.0 Å². The number of piperidine rings is 1. The zero-order valence-electron chi connectivity index (χ0n) is 11.7. The Morgan fingerprint density at radius 2 is 2.06 bits per heavy atom. The third-order valence-corrected chi connectivity index (χ3v) is 4.10. The highest BCUT2D eigenvalue weighted by molar-refractivity contribution is 5.14. The summed E-state index contributed by atoms with van der Waals surface area (Å²) < 4.78 is 0. The summed E-state index contributed by atoms with van der Waals surface area (Å²) in [5.41, 5.74) is 1.43. The summed E-state index contributed by atoms with van der Waals surface area (Å²) in [6.45, 7) is 9.44. The number of benzene rings is 1. The lowest BCUT2D eigenvalue weighted by atomic mass is 9.93. The van der Waals surface area contributed by atoms with Crippen LogP contribution in [0, 0.1) is 5.92 Å². The minimum atomic E-state index is 0.705. The van der Waals surface area contributed by atoms with Crippen LogP contribution in [0.5, 0.6) is 0 Å². The smallest absolute Gasteiger partial charge is 0.0117 e. The maximum Gasteiger partial charge on any atom is 0.0117 e. The summed E-state index contributed by atoms with van der Waals surface area (Å²) in [6, 6.07) is 11.5. The Morgan fingerprint density at radius 3 is 2.72 bits per heavy atom. The van der Waals surface area contributed by atoms with E-state index in [9.17, 15) is 0 Å². The predicted molar refractivity (Wildman–Crippen MR) is 77.8 cm³/mol. The quantitative estimate of drug-likeness (QED) is 0.859. The first-order valence-electron chi connectivity index (χ1n) is 7.29. The molecule has 1 aromatic rings. The summed E-state index contributed by atoms with van der Waals surface area (Å²) in [7, 11) is 0. The Labute approximate surface area is 111 Å². The van der Waals surface area contributed by atoms with Gasteiger partial charge in [0.1, 0.15) is 0 Å². The van der Waals surface area contributed by atoms with Gasteiger partial charge in [-0.1, -0.05) is 44.2 Å². The lowest BCUT2D eigenvalue weighted by molar-refractivity contribution is 0.154. The van der Waals surface area contributed by atoms with Crippen molar-refractivity contribution in [3.05, 3.63) is 35.9 Å². The van der Waals surface area contributed by atoms with Crippen LogP contribution in [0.1, 0.15) is 25.8 Å². The topological polar surface area (TPSA) is 15.3 Å². The number of likely N-dealkylation sites (tertiary alicyclic amines) is 1. The van der Waals surface area contributed by atoms with Crippen LogP contribution in [0.2, 0.25) is 0 Å². The molecule has 0 saturated carbocycles. The largest absolute Gasteiger partial charge is 0.313 e. The second kappa shape index (κ2) is 6.91. The van der Waals surface area contributed by atoms with Crippen LogP contribution in [0.3, 0.4) is 0 Å². The maximum absolute atomic E-state index is 3.74. The number of hydrogen-bond acceptors (Lipinski definition) is 2.